The summed E-state index contributed by atoms with van der Waals surface area (Å²) in [4.78, 5) is 89.2. The van der Waals surface area contributed by atoms with Crippen molar-refractivity contribution in [2.45, 2.75) is 251 Å². The number of benzene rings is 6. The molecular formula is C116H151Cl3N8O17S3. The van der Waals surface area contributed by atoms with Gasteiger partial charge in [-0.1, -0.05) is 110 Å². The summed E-state index contributed by atoms with van der Waals surface area (Å²) in [6, 6.07) is 35.5. The number of nitrogens with one attached hydrogen (secondary N) is 3. The van der Waals surface area contributed by atoms with E-state index in [1.165, 1.54) is 33.4 Å². The van der Waals surface area contributed by atoms with Crippen LogP contribution in [0, 0.1) is 35.5 Å². The normalized spacial score (nSPS) is 31.2. The Hall–Kier alpha value is -9.07. The molecule has 13 aliphatic rings. The molecule has 19 rings (SSSR count). The maximum atomic E-state index is 13.9. The maximum absolute atomic E-state index is 13.9. The van der Waals surface area contributed by atoms with Crippen LogP contribution in [0.25, 0.3) is 0 Å². The van der Waals surface area contributed by atoms with Crippen molar-refractivity contribution in [2.75, 3.05) is 141 Å². The predicted molar refractivity (Wildman–Crippen MR) is 591 cm³/mol. The molecule has 6 aromatic carbocycles. The molecule has 3 unspecified atom stereocenters. The topological polar surface area (TPSA) is 280 Å². The second-order valence-electron chi connectivity index (χ2n) is 43.3. The quantitative estimate of drug-likeness (QED) is 0.0461. The van der Waals surface area contributed by atoms with Gasteiger partial charge in [-0.25, -0.2) is 12.6 Å². The van der Waals surface area contributed by atoms with Crippen LogP contribution in [0.2, 0.25) is 15.1 Å². The summed E-state index contributed by atoms with van der Waals surface area (Å²) in [6.07, 6.45) is 34.5. The van der Waals surface area contributed by atoms with Crippen LogP contribution >= 0.6 is 34.8 Å². The number of ether oxygens (including phenoxy) is 8. The van der Waals surface area contributed by atoms with E-state index in [0.717, 1.165) is 185 Å². The van der Waals surface area contributed by atoms with Gasteiger partial charge in [-0.2, -0.15) is 0 Å². The lowest BCUT2D eigenvalue weighted by molar-refractivity contribution is -0.145. The van der Waals surface area contributed by atoms with Crippen molar-refractivity contribution in [3.05, 3.63) is 211 Å². The van der Waals surface area contributed by atoms with Crippen LogP contribution in [0.15, 0.2) is 146 Å². The molecule has 4 fully saturated rings. The Balaban J connectivity index is 0.000000151. The Morgan fingerprint density at radius 2 is 0.789 bits per heavy atom. The third-order valence-electron chi connectivity index (χ3n) is 33.7. The summed E-state index contributed by atoms with van der Waals surface area (Å²) < 4.78 is 100. The molecule has 7 heterocycles. The van der Waals surface area contributed by atoms with Crippen LogP contribution in [0.4, 0.5) is 17.1 Å². The Kier molecular flexibility index (Phi) is 35.8. The Labute approximate surface area is 886 Å². The van der Waals surface area contributed by atoms with Gasteiger partial charge in [-0.05, 0) is 339 Å². The highest BCUT2D eigenvalue weighted by molar-refractivity contribution is 8.00. The Bertz CT molecular complexity index is 6210. The highest BCUT2D eigenvalue weighted by Crippen LogP contribution is 2.53. The van der Waals surface area contributed by atoms with Gasteiger partial charge in [0.25, 0.3) is 17.7 Å². The number of morpholine rings is 1. The number of allylic oxidation sites excluding steroid dienone is 3. The molecule has 1 saturated heterocycles. The van der Waals surface area contributed by atoms with E-state index >= 15 is 0 Å². The van der Waals surface area contributed by atoms with Gasteiger partial charge in [-0.15, -0.1) is 0 Å². The van der Waals surface area contributed by atoms with Gasteiger partial charge in [0.2, 0.25) is 11.8 Å². The molecule has 147 heavy (non-hydrogen) atoms. The van der Waals surface area contributed by atoms with Crippen molar-refractivity contribution in [1.82, 2.24) is 24.0 Å². The van der Waals surface area contributed by atoms with Gasteiger partial charge < -0.3 is 62.4 Å². The summed E-state index contributed by atoms with van der Waals surface area (Å²) in [5, 5.41) is 1.42. The molecule has 0 radical (unpaired) electrons. The van der Waals surface area contributed by atoms with Crippen LogP contribution in [-0.2, 0) is 103 Å². The molecule has 3 N–H and O–H groups in total. The number of hydrogen-bond donors (Lipinski definition) is 3. The van der Waals surface area contributed by atoms with E-state index in [2.05, 4.69) is 119 Å². The number of carbonyl (C=O) groups excluding carboxylic acids is 6. The van der Waals surface area contributed by atoms with Crippen LogP contribution in [0.5, 0.6) is 17.2 Å². The number of esters is 1. The van der Waals surface area contributed by atoms with Gasteiger partial charge in [0.05, 0.1) is 143 Å². The molecule has 3 saturated carbocycles. The summed E-state index contributed by atoms with van der Waals surface area (Å²) in [6.45, 7) is 17.7. The average Bonchev–Trinajstić information content (AvgIpc) is 1.69. The van der Waals surface area contributed by atoms with Gasteiger partial charge in [-0.3, -0.25) is 42.9 Å². The van der Waals surface area contributed by atoms with Gasteiger partial charge in [0.15, 0.2) is 0 Å². The molecule has 6 aliphatic carbocycles. The van der Waals surface area contributed by atoms with E-state index in [-0.39, 0.29) is 110 Å². The summed E-state index contributed by atoms with van der Waals surface area (Å²) in [5.74, 6) is 14.9. The minimum Gasteiger partial charge on any atom is -0.490 e. The van der Waals surface area contributed by atoms with Gasteiger partial charge in [0, 0.05) is 130 Å². The molecular weight excluding hydrogens is 1980 g/mol. The number of carbonyl (C=O) groups is 6. The van der Waals surface area contributed by atoms with E-state index in [1.807, 2.05) is 87.2 Å². The highest BCUT2D eigenvalue weighted by atomic mass is 35.5. The van der Waals surface area contributed by atoms with E-state index in [4.69, 9.17) is 72.7 Å². The second-order valence-corrected chi connectivity index (χ2v) is 51.6. The first-order valence-corrected chi connectivity index (χ1v) is 60.3. The predicted octanol–water partition coefficient (Wildman–Crippen LogP) is 18.8. The smallest absolute Gasteiger partial charge is 0.308 e. The van der Waals surface area contributed by atoms with E-state index in [1.54, 1.807) is 37.2 Å². The molecule has 796 valence electrons. The summed E-state index contributed by atoms with van der Waals surface area (Å²) in [5.41, 5.74) is 10.9. The second kappa shape index (κ2) is 48.3. The van der Waals surface area contributed by atoms with Crippen molar-refractivity contribution < 1.29 is 79.3 Å². The monoisotopic (exact) mass is 2130 g/mol. The SMILES string of the molecule is C=S1(=O)NC(=O)c2ccc3c(c2)N(C[C@@H]2CC[C@H]2[C@@H](OCCC(=O)N(C)C)/C=C/CC[C@H]1CC)C[C@@]1(CCCc2cc(Cl)ccc21)CO3.C=S1(=O)NC(=O)c2ccc3c(c2)N(C[C@@H]2CC[C@H]2[C@@H](OCCC(=O)N2CCOCC2)/C=C/CC[C@H]1CC)C[C@@]1(CCCc2cc(Cl)ccc21)CO3.C=S1(=O)NC(=O)c2ccc3c(c2)N(C[C@@H]2CC[C@H]2[C@@H](OCCC(=O)OCC)/C=C/CC[C@H]1CC)C[C@@]1(CCCc2cc(Cl)ccc21)CO3. The molecule has 18 atom stereocenters. The van der Waals surface area contributed by atoms with E-state index < -0.39 is 29.1 Å². The first kappa shape index (κ1) is 109. The third-order valence-corrected chi connectivity index (χ3v) is 41.0. The molecule has 0 aromatic heterocycles. The van der Waals surface area contributed by atoms with Gasteiger partial charge in [0.1, 0.15) is 17.2 Å². The number of hydrogen-bond acceptors (Lipinski definition) is 20. The average molecular weight is 2130 g/mol. The van der Waals surface area contributed by atoms with Crippen molar-refractivity contribution in [3.8, 4) is 17.2 Å². The van der Waals surface area contributed by atoms with Gasteiger partial charge >= 0.3 is 5.97 Å². The zero-order valence-electron chi connectivity index (χ0n) is 86.6. The fourth-order valence-electron chi connectivity index (χ4n) is 25.0. The zero-order valence-corrected chi connectivity index (χ0v) is 91.3. The van der Waals surface area contributed by atoms with Crippen LogP contribution in [0.3, 0.4) is 0 Å². The minimum atomic E-state index is -2.93. The van der Waals surface area contributed by atoms with Crippen LogP contribution in [0.1, 0.15) is 246 Å². The lowest BCUT2D eigenvalue weighted by Gasteiger charge is -2.46. The number of halogens is 3. The largest absolute Gasteiger partial charge is 0.490 e. The van der Waals surface area contributed by atoms with Crippen molar-refractivity contribution >= 4 is 134 Å². The number of rotatable bonds is 16. The minimum absolute atomic E-state index is 0.0479. The molecule has 25 nitrogen and oxygen atoms in total. The number of anilines is 3. The zero-order chi connectivity index (χ0) is 104. The van der Waals surface area contributed by atoms with Crippen molar-refractivity contribution in [3.63, 3.8) is 0 Å². The fourth-order valence-corrected chi connectivity index (χ4v) is 30.6. The molecule has 5 amide bonds. The Morgan fingerprint density at radius 1 is 0.449 bits per heavy atom. The molecule has 7 aliphatic heterocycles. The number of fused-ring (bicyclic) bond motifs is 12. The first-order valence-electron chi connectivity index (χ1n) is 53.8. The molecule has 31 heteroatoms. The van der Waals surface area contributed by atoms with Crippen molar-refractivity contribution in [2.24, 2.45) is 35.5 Å². The summed E-state index contributed by atoms with van der Waals surface area (Å²) >= 11 is 19.4. The standard InChI is InChI=1S/C40H52ClN3O6S.C38H50ClN3O5S.C38H49ClN2O6S/c1-3-32-8-4-5-9-36(49-20-16-38(45)43-18-21-48-22-19-43)33-13-10-30(33)25-44-26-40(17-6-7-28-23-31(41)12-14-34(28)40)27-50-37-15-11-29(24-35(37)44)39(46)42-51(32,2)47;1-5-30-10-6-7-11-34(46-20-18-36(43)41(2)3)31-15-12-28(31)23-42-24-38(19-8-9-26-21-29(39)14-16-32(26)38)25-47-35-17-13-27(22-33(35)42)37(44)40-48(30,4)45;1-4-30-10-6-7-11-34(46-20-18-36(42)45-5-2)31-15-12-28(31)23-41-24-38(19-8-9-26-21-29(39)14-16-32(26)38)25-47-35-17-13-27(22-33(35)41)37(43)40-48(30,3)44/h5,9,11-12,14-15,23-24,30,32-33,36H,2-4,6-8,10,13,16-22,25-27H2,1H3,(H,42,46,47);7,11,13-14,16-17,21-22,28,30-31,34H,4-6,8-10,12,15,18-20,23-25H2,1-3H3,(H,40,44,45);7,11,13-14,16-17,21-22,28,30-31,34H,3-6,8-10,12,15,18-20,23-25H2,1-2H3,(H,40,43,44)/b9-5+;2*11-7+/t30-,32+,33+,36-,40-,51?;2*28-,30+,31+,34-,38-,48?/m000/s1. The molecule has 6 bridgehead atoms. The lowest BCUT2D eigenvalue weighted by atomic mass is 9.68. The third kappa shape index (κ3) is 25.5. The van der Waals surface area contributed by atoms with Crippen LogP contribution in [-0.4, -0.2) is 236 Å². The van der Waals surface area contributed by atoms with Crippen molar-refractivity contribution in [1.29, 1.82) is 0 Å². The number of aryl methyl sites for hydroxylation is 3. The molecule has 6 aromatic rings. The highest BCUT2D eigenvalue weighted by Gasteiger charge is 2.50. The van der Waals surface area contributed by atoms with Crippen LogP contribution < -0.4 is 43.1 Å². The molecule has 3 spiro atoms. The number of nitrogens with zero attached hydrogens (tertiary/aromatic N) is 5. The maximum Gasteiger partial charge on any atom is 0.308 e. The van der Waals surface area contributed by atoms with E-state index in [9.17, 15) is 41.4 Å². The number of amides is 5. The summed E-state index contributed by atoms with van der Waals surface area (Å²) in [7, 11) is -5.23. The van der Waals surface area contributed by atoms with E-state index in [0.29, 0.717) is 178 Å². The first-order chi connectivity index (χ1) is 70.8. The lowest BCUT2D eigenvalue weighted by Crippen LogP contribution is -2.49. The fraction of sp³-hybridized carbons (Fsp3) is 0.560. The Morgan fingerprint density at radius 3 is 1.11 bits per heavy atom.